The third kappa shape index (κ3) is 3.22. The Morgan fingerprint density at radius 1 is 1.36 bits per heavy atom. The van der Waals surface area contributed by atoms with Gasteiger partial charge in [0.1, 0.15) is 5.75 Å². The normalized spacial score (nSPS) is 21.6. The summed E-state index contributed by atoms with van der Waals surface area (Å²) in [5.74, 6) is 2.01. The second kappa shape index (κ2) is 6.87. The Morgan fingerprint density at radius 2 is 2.09 bits per heavy atom. The summed E-state index contributed by atoms with van der Waals surface area (Å²) in [6, 6.07) is 3.12. The zero-order chi connectivity index (χ0) is 15.4. The summed E-state index contributed by atoms with van der Waals surface area (Å²) in [7, 11) is 0. The average molecular weight is 321 g/mol. The number of thioether (sulfide) groups is 1. The third-order valence-corrected chi connectivity index (χ3v) is 5.74. The van der Waals surface area contributed by atoms with Gasteiger partial charge in [-0.2, -0.15) is 11.8 Å². The topological polar surface area (TPSA) is 65.5 Å². The molecule has 1 saturated carbocycles. The Morgan fingerprint density at radius 3 is 2.77 bits per heavy atom. The van der Waals surface area contributed by atoms with Gasteiger partial charge in [0.2, 0.25) is 0 Å². The molecule has 0 aromatic carbocycles. The van der Waals surface area contributed by atoms with Crippen LogP contribution in [0, 0.1) is 0 Å². The summed E-state index contributed by atoms with van der Waals surface area (Å²) in [4.78, 5) is 18.8. The number of carbonyl (C=O) groups is 1. The minimum atomic E-state index is -0.282. The molecular formula is C16H23N3O2S. The van der Waals surface area contributed by atoms with E-state index in [9.17, 15) is 9.90 Å². The van der Waals surface area contributed by atoms with Gasteiger partial charge in [-0.05, 0) is 25.0 Å². The van der Waals surface area contributed by atoms with Crippen molar-refractivity contribution in [3.63, 3.8) is 0 Å². The van der Waals surface area contributed by atoms with E-state index < -0.39 is 0 Å². The first-order valence-corrected chi connectivity index (χ1v) is 9.12. The van der Waals surface area contributed by atoms with E-state index >= 15 is 0 Å². The fraction of sp³-hybridized carbons (Fsp3) is 0.625. The van der Waals surface area contributed by atoms with Crippen LogP contribution in [0.5, 0.6) is 5.75 Å². The lowest BCUT2D eigenvalue weighted by molar-refractivity contribution is 0.0811. The van der Waals surface area contributed by atoms with Gasteiger partial charge in [-0.15, -0.1) is 0 Å². The highest BCUT2D eigenvalue weighted by Crippen LogP contribution is 2.36. The Kier molecular flexibility index (Phi) is 4.88. The highest BCUT2D eigenvalue weighted by molar-refractivity contribution is 7.99. The minimum absolute atomic E-state index is 0.0603. The van der Waals surface area contributed by atoms with Crippen LogP contribution in [-0.4, -0.2) is 57.6 Å². The Hall–Kier alpha value is -1.27. The van der Waals surface area contributed by atoms with Crippen molar-refractivity contribution >= 4 is 17.7 Å². The third-order valence-electron chi connectivity index (χ3n) is 4.80. The van der Waals surface area contributed by atoms with Gasteiger partial charge in [0, 0.05) is 42.9 Å². The first kappa shape index (κ1) is 15.6. The molecule has 2 heterocycles. The van der Waals surface area contributed by atoms with Gasteiger partial charge < -0.3 is 10.4 Å². The van der Waals surface area contributed by atoms with Crippen molar-refractivity contribution in [1.82, 2.24) is 15.2 Å². The van der Waals surface area contributed by atoms with Crippen molar-refractivity contribution in [2.45, 2.75) is 31.2 Å². The maximum atomic E-state index is 12.3. The number of pyridine rings is 1. The van der Waals surface area contributed by atoms with Crippen LogP contribution >= 0.6 is 11.8 Å². The molecule has 0 spiro atoms. The first-order chi connectivity index (χ1) is 10.7. The molecule has 1 saturated heterocycles. The number of nitrogens with zero attached hydrogens (tertiary/aromatic N) is 2. The number of hydrogen-bond donors (Lipinski definition) is 2. The molecule has 3 rings (SSSR count). The van der Waals surface area contributed by atoms with E-state index in [1.165, 1.54) is 36.6 Å². The number of nitrogens with one attached hydrogen (secondary N) is 1. The lowest BCUT2D eigenvalue weighted by atomic mass is 9.94. The Balaban J connectivity index is 1.67. The van der Waals surface area contributed by atoms with E-state index in [1.807, 2.05) is 11.8 Å². The maximum Gasteiger partial charge on any atom is 0.273 e. The van der Waals surface area contributed by atoms with Gasteiger partial charge in [0.15, 0.2) is 5.69 Å². The van der Waals surface area contributed by atoms with E-state index in [0.717, 1.165) is 25.9 Å². The van der Waals surface area contributed by atoms with Crippen molar-refractivity contribution in [3.05, 3.63) is 24.0 Å². The van der Waals surface area contributed by atoms with Crippen molar-refractivity contribution in [1.29, 1.82) is 0 Å². The van der Waals surface area contributed by atoms with Crippen LogP contribution in [0.3, 0.4) is 0 Å². The largest absolute Gasteiger partial charge is 0.505 e. The van der Waals surface area contributed by atoms with Crippen molar-refractivity contribution in [2.75, 3.05) is 31.1 Å². The molecule has 1 aliphatic carbocycles. The first-order valence-electron chi connectivity index (χ1n) is 7.96. The van der Waals surface area contributed by atoms with E-state index in [-0.39, 0.29) is 22.9 Å². The number of aromatic hydroxyl groups is 1. The quantitative estimate of drug-likeness (QED) is 0.886. The standard InChI is InChI=1S/C16H23N3O2S/c20-13-4-3-7-17-14(13)15(21)18-12-16(5-1-2-6-16)19-8-10-22-11-9-19/h3-4,7,20H,1-2,5-6,8-12H2,(H,18,21). The molecule has 1 amide bonds. The number of hydrogen-bond acceptors (Lipinski definition) is 5. The number of amides is 1. The molecule has 120 valence electrons. The van der Waals surface area contributed by atoms with Gasteiger partial charge >= 0.3 is 0 Å². The number of carbonyl (C=O) groups excluding carboxylic acids is 1. The van der Waals surface area contributed by atoms with Crippen LogP contribution in [0.15, 0.2) is 18.3 Å². The molecule has 1 aliphatic heterocycles. The Bertz CT molecular complexity index is 526. The van der Waals surface area contributed by atoms with Crippen molar-refractivity contribution in [3.8, 4) is 5.75 Å². The fourth-order valence-electron chi connectivity index (χ4n) is 3.58. The predicted molar refractivity (Wildman–Crippen MR) is 88.3 cm³/mol. The summed E-state index contributed by atoms with van der Waals surface area (Å²) < 4.78 is 0. The highest BCUT2D eigenvalue weighted by atomic mass is 32.2. The zero-order valence-electron chi connectivity index (χ0n) is 12.8. The van der Waals surface area contributed by atoms with Crippen molar-refractivity contribution < 1.29 is 9.90 Å². The molecule has 6 heteroatoms. The molecule has 2 fully saturated rings. The molecule has 0 radical (unpaired) electrons. The highest BCUT2D eigenvalue weighted by Gasteiger charge is 2.40. The van der Waals surface area contributed by atoms with Gasteiger partial charge in [0.25, 0.3) is 5.91 Å². The summed E-state index contributed by atoms with van der Waals surface area (Å²) in [6.45, 7) is 2.86. The van der Waals surface area contributed by atoms with Gasteiger partial charge in [0.05, 0.1) is 0 Å². The SMILES string of the molecule is O=C(NCC1(N2CCSCC2)CCCC1)c1ncccc1O. The van der Waals surface area contributed by atoms with Crippen LogP contribution in [-0.2, 0) is 0 Å². The Labute approximate surface area is 135 Å². The van der Waals surface area contributed by atoms with Gasteiger partial charge in [-0.1, -0.05) is 12.8 Å². The van der Waals surface area contributed by atoms with Gasteiger partial charge in [-0.25, -0.2) is 4.98 Å². The van der Waals surface area contributed by atoms with E-state index in [1.54, 1.807) is 6.07 Å². The average Bonchev–Trinajstić information content (AvgIpc) is 3.04. The maximum absolute atomic E-state index is 12.3. The molecule has 1 aromatic heterocycles. The van der Waals surface area contributed by atoms with Crippen LogP contribution in [0.2, 0.25) is 0 Å². The molecule has 2 N–H and O–H groups in total. The summed E-state index contributed by atoms with van der Waals surface area (Å²) in [5.41, 5.74) is 0.214. The van der Waals surface area contributed by atoms with E-state index in [2.05, 4.69) is 15.2 Å². The minimum Gasteiger partial charge on any atom is -0.505 e. The molecule has 5 nitrogen and oxygen atoms in total. The lowest BCUT2D eigenvalue weighted by Gasteiger charge is -2.43. The smallest absolute Gasteiger partial charge is 0.273 e. The van der Waals surface area contributed by atoms with E-state index in [4.69, 9.17) is 0 Å². The summed E-state index contributed by atoms with van der Waals surface area (Å²) in [5, 5.41) is 12.8. The fourth-order valence-corrected chi connectivity index (χ4v) is 4.48. The molecule has 22 heavy (non-hydrogen) atoms. The molecule has 1 aromatic rings. The lowest BCUT2D eigenvalue weighted by Crippen LogP contribution is -2.56. The molecule has 0 unspecified atom stereocenters. The van der Waals surface area contributed by atoms with Crippen LogP contribution in [0.1, 0.15) is 36.2 Å². The molecular weight excluding hydrogens is 298 g/mol. The second-order valence-corrected chi connectivity index (χ2v) is 7.31. The zero-order valence-corrected chi connectivity index (χ0v) is 13.6. The van der Waals surface area contributed by atoms with E-state index in [0.29, 0.717) is 6.54 Å². The number of rotatable bonds is 4. The predicted octanol–water partition coefficient (Wildman–Crippen LogP) is 1.88. The summed E-state index contributed by atoms with van der Waals surface area (Å²) in [6.07, 6.45) is 6.28. The molecule has 2 aliphatic rings. The van der Waals surface area contributed by atoms with Gasteiger partial charge in [-0.3, -0.25) is 9.69 Å². The molecule has 0 bridgehead atoms. The second-order valence-electron chi connectivity index (χ2n) is 6.08. The summed E-state index contributed by atoms with van der Waals surface area (Å²) >= 11 is 2.01. The van der Waals surface area contributed by atoms with Crippen LogP contribution < -0.4 is 5.32 Å². The number of aromatic nitrogens is 1. The molecule has 0 atom stereocenters. The monoisotopic (exact) mass is 321 g/mol. The van der Waals surface area contributed by atoms with Crippen molar-refractivity contribution in [2.24, 2.45) is 0 Å². The van der Waals surface area contributed by atoms with Crippen LogP contribution in [0.25, 0.3) is 0 Å². The van der Waals surface area contributed by atoms with Crippen LogP contribution in [0.4, 0.5) is 0 Å².